The minimum atomic E-state index is -3.71. The van der Waals surface area contributed by atoms with E-state index in [1.54, 1.807) is 63.0 Å². The quantitative estimate of drug-likeness (QED) is 0.484. The molecular formula is C23H25FN4O3S. The molecule has 0 amide bonds. The molecule has 1 aromatic heterocycles. The molecule has 168 valence electrons. The average molecular weight is 457 g/mol. The van der Waals surface area contributed by atoms with Gasteiger partial charge in [-0.2, -0.15) is 0 Å². The maximum atomic E-state index is 13.8. The first-order chi connectivity index (χ1) is 15.0. The second-order valence-corrected chi connectivity index (χ2v) is 9.05. The van der Waals surface area contributed by atoms with Crippen LogP contribution in [0, 0.1) is 26.6 Å². The minimum Gasteiger partial charge on any atom is -0.384 e. The molecule has 7 nitrogen and oxygen atoms in total. The molecular weight excluding hydrogens is 431 g/mol. The maximum absolute atomic E-state index is 13.8. The van der Waals surface area contributed by atoms with E-state index < -0.39 is 10.0 Å². The highest BCUT2D eigenvalue weighted by Gasteiger charge is 2.14. The van der Waals surface area contributed by atoms with Gasteiger partial charge in [0.1, 0.15) is 5.82 Å². The predicted molar refractivity (Wildman–Crippen MR) is 128 cm³/mol. The molecule has 0 aliphatic carbocycles. The largest absolute Gasteiger partial charge is 0.384 e. The summed E-state index contributed by atoms with van der Waals surface area (Å²) in [7, 11) is -2.06. The molecule has 0 aliphatic heterocycles. The van der Waals surface area contributed by atoms with Gasteiger partial charge in [0.15, 0.2) is 0 Å². The summed E-state index contributed by atoms with van der Waals surface area (Å²) in [6.07, 6.45) is 3.30. The van der Waals surface area contributed by atoms with Gasteiger partial charge in [-0.1, -0.05) is 6.58 Å². The molecule has 2 aromatic carbocycles. The molecule has 1 heterocycles. The van der Waals surface area contributed by atoms with Crippen LogP contribution in [0.15, 0.2) is 59.5 Å². The van der Waals surface area contributed by atoms with Crippen LogP contribution >= 0.6 is 0 Å². The van der Waals surface area contributed by atoms with E-state index in [9.17, 15) is 17.6 Å². The SMILES string of the molecule is C=CS(=O)(=O)Nc1ccc(Nc2c(C)cc(F)cc2C)c(-n2cc(C)c(=O)c(NC)c2)c1. The van der Waals surface area contributed by atoms with E-state index in [1.165, 1.54) is 12.1 Å². The van der Waals surface area contributed by atoms with E-state index in [0.717, 1.165) is 22.2 Å². The summed E-state index contributed by atoms with van der Waals surface area (Å²) in [5.74, 6) is -0.324. The van der Waals surface area contributed by atoms with Crippen LogP contribution in [0.5, 0.6) is 0 Å². The van der Waals surface area contributed by atoms with Crippen molar-refractivity contribution in [1.29, 1.82) is 0 Å². The molecule has 0 aliphatic rings. The van der Waals surface area contributed by atoms with E-state index >= 15 is 0 Å². The van der Waals surface area contributed by atoms with Crippen molar-refractivity contribution in [3.05, 3.63) is 87.4 Å². The van der Waals surface area contributed by atoms with Crippen LogP contribution in [0.2, 0.25) is 0 Å². The number of benzene rings is 2. The van der Waals surface area contributed by atoms with E-state index in [-0.39, 0.29) is 11.2 Å². The summed E-state index contributed by atoms with van der Waals surface area (Å²) in [6.45, 7) is 8.61. The second kappa shape index (κ2) is 8.88. The van der Waals surface area contributed by atoms with Gasteiger partial charge in [-0.05, 0) is 62.2 Å². The van der Waals surface area contributed by atoms with Gasteiger partial charge in [0.2, 0.25) is 5.43 Å². The standard InChI is InChI=1S/C23H25FN4O3S/c1-6-32(30,31)27-18-7-8-19(26-22-14(2)9-17(24)10-15(22)3)21(11-18)28-12-16(4)23(29)20(13-28)25-5/h6-13,25-27H,1H2,2-5H3. The Kier molecular flexibility index (Phi) is 6.40. The lowest BCUT2D eigenvalue weighted by Gasteiger charge is -2.20. The van der Waals surface area contributed by atoms with Gasteiger partial charge in [0, 0.05) is 36.1 Å². The molecule has 0 unspecified atom stereocenters. The first-order valence-corrected chi connectivity index (χ1v) is 11.3. The average Bonchev–Trinajstić information content (AvgIpc) is 2.73. The molecule has 0 spiro atoms. The zero-order valence-corrected chi connectivity index (χ0v) is 19.1. The molecule has 0 atom stereocenters. The molecule has 0 radical (unpaired) electrons. The van der Waals surface area contributed by atoms with Crippen LogP contribution in [0.1, 0.15) is 16.7 Å². The maximum Gasteiger partial charge on any atom is 0.254 e. The third-order valence-electron chi connectivity index (χ3n) is 4.99. The number of nitrogens with one attached hydrogen (secondary N) is 3. The van der Waals surface area contributed by atoms with Gasteiger partial charge >= 0.3 is 0 Å². The third-order valence-corrected chi connectivity index (χ3v) is 5.94. The summed E-state index contributed by atoms with van der Waals surface area (Å²) < 4.78 is 41.9. The van der Waals surface area contributed by atoms with E-state index in [4.69, 9.17) is 0 Å². The van der Waals surface area contributed by atoms with Crippen molar-refractivity contribution in [1.82, 2.24) is 4.57 Å². The smallest absolute Gasteiger partial charge is 0.254 e. The lowest BCUT2D eigenvalue weighted by Crippen LogP contribution is -2.15. The molecule has 3 rings (SSSR count). The molecule has 9 heteroatoms. The number of sulfonamides is 1. The minimum absolute atomic E-state index is 0.132. The lowest BCUT2D eigenvalue weighted by molar-refractivity contribution is 0.609. The second-order valence-electron chi connectivity index (χ2n) is 7.43. The highest BCUT2D eigenvalue weighted by molar-refractivity contribution is 7.95. The summed E-state index contributed by atoms with van der Waals surface area (Å²) in [4.78, 5) is 12.3. The number of nitrogens with zero attached hydrogens (tertiary/aromatic N) is 1. The number of rotatable bonds is 7. The van der Waals surface area contributed by atoms with E-state index in [0.29, 0.717) is 28.3 Å². The monoisotopic (exact) mass is 456 g/mol. The molecule has 0 fully saturated rings. The fourth-order valence-electron chi connectivity index (χ4n) is 3.39. The number of hydrogen-bond acceptors (Lipinski definition) is 5. The van der Waals surface area contributed by atoms with Crippen molar-refractivity contribution in [3.63, 3.8) is 0 Å². The van der Waals surface area contributed by atoms with Crippen LogP contribution in [0.4, 0.5) is 27.1 Å². The molecule has 3 aromatic rings. The zero-order valence-electron chi connectivity index (χ0n) is 18.3. The van der Waals surface area contributed by atoms with Gasteiger partial charge in [0.25, 0.3) is 10.0 Å². The van der Waals surface area contributed by atoms with Gasteiger partial charge < -0.3 is 15.2 Å². The summed E-state index contributed by atoms with van der Waals surface area (Å²) in [5, 5.41) is 7.03. The normalized spacial score (nSPS) is 11.2. The number of aromatic nitrogens is 1. The fraction of sp³-hybridized carbons (Fsp3) is 0.174. The molecule has 0 saturated heterocycles. The number of pyridine rings is 1. The van der Waals surface area contributed by atoms with E-state index in [2.05, 4.69) is 21.9 Å². The van der Waals surface area contributed by atoms with Crippen LogP contribution in [0.25, 0.3) is 5.69 Å². The van der Waals surface area contributed by atoms with Crippen LogP contribution < -0.4 is 20.8 Å². The predicted octanol–water partition coefficient (Wildman–Crippen LogP) is 4.57. The highest BCUT2D eigenvalue weighted by atomic mass is 32.2. The van der Waals surface area contributed by atoms with Gasteiger partial charge in [0.05, 0.1) is 22.7 Å². The van der Waals surface area contributed by atoms with Gasteiger partial charge in [-0.25, -0.2) is 12.8 Å². The summed E-state index contributed by atoms with van der Waals surface area (Å²) in [5.41, 5.74) is 4.47. The Morgan fingerprint density at radius 3 is 2.25 bits per heavy atom. The van der Waals surface area contributed by atoms with Gasteiger partial charge in [-0.3, -0.25) is 9.52 Å². The topological polar surface area (TPSA) is 92.2 Å². The Balaban J connectivity index is 2.21. The molecule has 3 N–H and O–H groups in total. The van der Waals surface area contributed by atoms with Crippen molar-refractivity contribution in [2.45, 2.75) is 20.8 Å². The van der Waals surface area contributed by atoms with Crippen LogP contribution in [-0.2, 0) is 10.0 Å². The Hall–Kier alpha value is -3.59. The van der Waals surface area contributed by atoms with E-state index in [1.807, 2.05) is 0 Å². The van der Waals surface area contributed by atoms with Crippen molar-refractivity contribution in [2.24, 2.45) is 0 Å². The summed E-state index contributed by atoms with van der Waals surface area (Å²) >= 11 is 0. The number of hydrogen-bond donors (Lipinski definition) is 3. The fourth-order valence-corrected chi connectivity index (χ4v) is 3.93. The molecule has 0 saturated carbocycles. The van der Waals surface area contributed by atoms with Crippen molar-refractivity contribution in [3.8, 4) is 5.69 Å². The molecule has 0 bridgehead atoms. The van der Waals surface area contributed by atoms with Crippen LogP contribution in [0.3, 0.4) is 0 Å². The lowest BCUT2D eigenvalue weighted by atomic mass is 10.1. The number of anilines is 4. The third kappa shape index (κ3) is 4.83. The van der Waals surface area contributed by atoms with Crippen molar-refractivity contribution in [2.75, 3.05) is 22.4 Å². The number of halogens is 1. The van der Waals surface area contributed by atoms with Gasteiger partial charge in [-0.15, -0.1) is 0 Å². The summed E-state index contributed by atoms with van der Waals surface area (Å²) in [6, 6.07) is 7.83. The number of aryl methyl sites for hydroxylation is 3. The first-order valence-electron chi connectivity index (χ1n) is 9.78. The Morgan fingerprint density at radius 2 is 1.66 bits per heavy atom. The van der Waals surface area contributed by atoms with Crippen molar-refractivity contribution < 1.29 is 12.8 Å². The zero-order chi connectivity index (χ0) is 23.6. The van der Waals surface area contributed by atoms with Crippen LogP contribution in [-0.4, -0.2) is 20.0 Å². The van der Waals surface area contributed by atoms with Crippen molar-refractivity contribution >= 4 is 32.8 Å². The molecule has 32 heavy (non-hydrogen) atoms. The highest BCUT2D eigenvalue weighted by Crippen LogP contribution is 2.32. The first kappa shape index (κ1) is 23.1. The Bertz CT molecular complexity index is 1340. The Labute approximate surface area is 186 Å². The Morgan fingerprint density at radius 1 is 1.00 bits per heavy atom.